The van der Waals surface area contributed by atoms with Crippen LogP contribution in [0.25, 0.3) is 0 Å². The summed E-state index contributed by atoms with van der Waals surface area (Å²) in [5.74, 6) is 0. The summed E-state index contributed by atoms with van der Waals surface area (Å²) in [6, 6.07) is 2.21. The van der Waals surface area contributed by atoms with Crippen LogP contribution < -0.4 is 4.98 Å². The van der Waals surface area contributed by atoms with Crippen LogP contribution in [0.1, 0.15) is 22.5 Å². The largest absolute Gasteiger partial charge is 0.673 e. The summed E-state index contributed by atoms with van der Waals surface area (Å²) in [5.41, 5.74) is 5.21. The maximum absolute atomic E-state index is 9.75. The first-order valence-electron chi connectivity index (χ1n) is 4.45. The highest BCUT2D eigenvalue weighted by atomic mass is 19.5. The summed E-state index contributed by atoms with van der Waals surface area (Å²) < 4.78 is 39.0. The van der Waals surface area contributed by atoms with Crippen LogP contribution in [-0.2, 0) is 0 Å². The molecular weight excluding hydrogens is 209 g/mol. The van der Waals surface area contributed by atoms with Crippen molar-refractivity contribution < 1.29 is 22.2 Å². The molecule has 0 aliphatic rings. The van der Waals surface area contributed by atoms with Crippen molar-refractivity contribution in [3.63, 3.8) is 0 Å². The van der Waals surface area contributed by atoms with E-state index in [0.717, 1.165) is 0 Å². The maximum Gasteiger partial charge on any atom is 0.673 e. The summed E-state index contributed by atoms with van der Waals surface area (Å²) in [7, 11) is -6.00. The van der Waals surface area contributed by atoms with E-state index in [1.807, 2.05) is 0 Å². The van der Waals surface area contributed by atoms with Gasteiger partial charge in [0.05, 0.1) is 0 Å². The Morgan fingerprint density at radius 3 is 1.33 bits per heavy atom. The van der Waals surface area contributed by atoms with Crippen LogP contribution in [0.2, 0.25) is 0 Å². The second-order valence-electron chi connectivity index (χ2n) is 3.38. The maximum atomic E-state index is 9.75. The van der Waals surface area contributed by atoms with E-state index in [1.54, 1.807) is 0 Å². The highest BCUT2D eigenvalue weighted by Gasteiger charge is 2.20. The van der Waals surface area contributed by atoms with Gasteiger partial charge in [-0.2, -0.15) is 0 Å². The monoisotopic (exact) mass is 223 g/mol. The van der Waals surface area contributed by atoms with Crippen LogP contribution in [0.5, 0.6) is 0 Å². The number of H-pyrrole nitrogens is 1. The molecule has 1 heterocycles. The van der Waals surface area contributed by atoms with Gasteiger partial charge in [-0.1, -0.05) is 0 Å². The fourth-order valence-corrected chi connectivity index (χ4v) is 1.02. The van der Waals surface area contributed by atoms with Crippen molar-refractivity contribution in [2.75, 3.05) is 0 Å². The van der Waals surface area contributed by atoms with Gasteiger partial charge in [-0.05, 0) is 19.9 Å². The van der Waals surface area contributed by atoms with Crippen molar-refractivity contribution in [2.45, 2.75) is 27.7 Å². The van der Waals surface area contributed by atoms with E-state index in [1.165, 1.54) is 22.5 Å². The molecule has 0 aromatic carbocycles. The predicted molar refractivity (Wildman–Crippen MR) is 52.1 cm³/mol. The van der Waals surface area contributed by atoms with Gasteiger partial charge in [0, 0.05) is 25.0 Å². The molecule has 1 aromatic rings. The van der Waals surface area contributed by atoms with Gasteiger partial charge in [0.2, 0.25) is 0 Å². The highest BCUT2D eigenvalue weighted by molar-refractivity contribution is 6.50. The van der Waals surface area contributed by atoms with E-state index in [4.69, 9.17) is 0 Å². The molecule has 0 amide bonds. The third-order valence-electron chi connectivity index (χ3n) is 1.99. The first-order valence-corrected chi connectivity index (χ1v) is 4.45. The third kappa shape index (κ3) is 6.93. The normalized spacial score (nSPS) is 10.7. The Kier molecular flexibility index (Phi) is 4.77. The van der Waals surface area contributed by atoms with Gasteiger partial charge < -0.3 is 17.3 Å². The Hall–Kier alpha value is -1.07. The Morgan fingerprint density at radius 1 is 0.867 bits per heavy atom. The first-order chi connectivity index (χ1) is 6.61. The summed E-state index contributed by atoms with van der Waals surface area (Å²) >= 11 is 0. The minimum Gasteiger partial charge on any atom is -0.418 e. The Balaban J connectivity index is 0.000000336. The summed E-state index contributed by atoms with van der Waals surface area (Å²) in [6.45, 7) is 8.44. The molecule has 15 heavy (non-hydrogen) atoms. The summed E-state index contributed by atoms with van der Waals surface area (Å²) in [6.07, 6.45) is 0. The summed E-state index contributed by atoms with van der Waals surface area (Å²) in [5, 5.41) is 0. The fraction of sp³-hybridized carbons (Fsp3) is 0.444. The van der Waals surface area contributed by atoms with Gasteiger partial charge in [0.1, 0.15) is 0 Å². The number of rotatable bonds is 0. The van der Waals surface area contributed by atoms with Crippen LogP contribution in [0.4, 0.5) is 17.3 Å². The zero-order valence-electron chi connectivity index (χ0n) is 9.17. The fourth-order valence-electron chi connectivity index (χ4n) is 1.02. The van der Waals surface area contributed by atoms with Crippen LogP contribution in [0, 0.1) is 27.7 Å². The molecule has 0 saturated carbocycles. The molecule has 0 atom stereocenters. The van der Waals surface area contributed by atoms with E-state index < -0.39 is 7.25 Å². The Bertz CT molecular complexity index is 279. The first kappa shape index (κ1) is 13.9. The molecule has 1 rings (SSSR count). The van der Waals surface area contributed by atoms with Crippen molar-refractivity contribution in [2.24, 2.45) is 0 Å². The molecule has 6 heteroatoms. The van der Waals surface area contributed by atoms with E-state index >= 15 is 0 Å². The quantitative estimate of drug-likeness (QED) is 0.474. The lowest BCUT2D eigenvalue weighted by atomic mass is 10.1. The molecule has 0 radical (unpaired) electrons. The average molecular weight is 223 g/mol. The van der Waals surface area contributed by atoms with Crippen molar-refractivity contribution in [1.29, 1.82) is 0 Å². The number of aromatic amines is 1. The van der Waals surface area contributed by atoms with Crippen LogP contribution in [-0.4, -0.2) is 7.25 Å². The molecule has 86 valence electrons. The van der Waals surface area contributed by atoms with Crippen molar-refractivity contribution >= 4 is 7.25 Å². The lowest BCUT2D eigenvalue weighted by Gasteiger charge is -1.96. The molecule has 0 bridgehead atoms. The molecular formula is C9H14BF4N. The number of aryl methyl sites for hydroxylation is 4. The van der Waals surface area contributed by atoms with Crippen LogP contribution >= 0.6 is 0 Å². The van der Waals surface area contributed by atoms with Crippen molar-refractivity contribution in [1.82, 2.24) is 0 Å². The van der Waals surface area contributed by atoms with E-state index in [2.05, 4.69) is 38.7 Å². The topological polar surface area (TPSA) is 14.1 Å². The Labute approximate surface area is 86.6 Å². The number of halogens is 4. The standard InChI is InChI=1S/C9H13N.BF4/c1-6-5-7(2)9(4)10-8(6)3;2-1(3,4)5/h5H,1-4H3;/q;-1/p+1. The SMILES string of the molecule is Cc1cc(C)c(C)[nH+]c1C.F[B-](F)(F)F. The van der Waals surface area contributed by atoms with Crippen molar-refractivity contribution in [3.8, 4) is 0 Å². The lowest BCUT2D eigenvalue weighted by Crippen LogP contribution is -2.14. The smallest absolute Gasteiger partial charge is 0.418 e. The highest BCUT2D eigenvalue weighted by Crippen LogP contribution is 2.06. The number of nitrogens with one attached hydrogen (secondary N) is 1. The Morgan fingerprint density at radius 2 is 1.13 bits per heavy atom. The molecule has 0 aliphatic heterocycles. The molecule has 0 spiro atoms. The number of hydrogen-bond acceptors (Lipinski definition) is 0. The molecule has 1 nitrogen and oxygen atoms in total. The second kappa shape index (κ2) is 5.14. The average Bonchev–Trinajstić information content (AvgIpc) is 1.98. The minimum absolute atomic E-state index is 1.27. The van der Waals surface area contributed by atoms with E-state index in [9.17, 15) is 17.3 Å². The van der Waals surface area contributed by atoms with Crippen LogP contribution in [0.15, 0.2) is 6.07 Å². The van der Waals surface area contributed by atoms with Gasteiger partial charge in [-0.15, -0.1) is 0 Å². The van der Waals surface area contributed by atoms with Crippen molar-refractivity contribution in [3.05, 3.63) is 28.6 Å². The molecule has 0 aliphatic carbocycles. The van der Waals surface area contributed by atoms with Crippen LogP contribution in [0.3, 0.4) is 0 Å². The van der Waals surface area contributed by atoms with E-state index in [0.29, 0.717) is 0 Å². The van der Waals surface area contributed by atoms with Gasteiger partial charge in [0.25, 0.3) is 0 Å². The van der Waals surface area contributed by atoms with Gasteiger partial charge >= 0.3 is 7.25 Å². The minimum atomic E-state index is -6.00. The number of aromatic nitrogens is 1. The molecule has 1 aromatic heterocycles. The lowest BCUT2D eigenvalue weighted by molar-refractivity contribution is -0.398. The molecule has 1 N–H and O–H groups in total. The molecule has 0 saturated heterocycles. The second-order valence-corrected chi connectivity index (χ2v) is 3.38. The number of pyridine rings is 1. The van der Waals surface area contributed by atoms with Gasteiger partial charge in [-0.3, -0.25) is 0 Å². The van der Waals surface area contributed by atoms with E-state index in [-0.39, 0.29) is 0 Å². The predicted octanol–water partition coefficient (Wildman–Crippen LogP) is 3.03. The summed E-state index contributed by atoms with van der Waals surface area (Å²) in [4.78, 5) is 3.31. The van der Waals surface area contributed by atoms with Gasteiger partial charge in [-0.25, -0.2) is 4.98 Å². The molecule has 0 unspecified atom stereocenters. The van der Waals surface area contributed by atoms with Gasteiger partial charge in [0.15, 0.2) is 11.4 Å². The zero-order valence-corrected chi connectivity index (χ0v) is 9.17. The molecule has 0 fully saturated rings. The zero-order chi connectivity index (χ0) is 12.2. The number of hydrogen-bond donors (Lipinski definition) is 0. The third-order valence-corrected chi connectivity index (χ3v) is 1.99.